The highest BCUT2D eigenvalue weighted by atomic mass is 35.5. The molecule has 0 aromatic carbocycles. The summed E-state index contributed by atoms with van der Waals surface area (Å²) >= 11 is 6.24. The van der Waals surface area contributed by atoms with E-state index in [9.17, 15) is 0 Å². The molecule has 1 nitrogen and oxygen atoms in total. The first-order valence-corrected chi connectivity index (χ1v) is 5.25. The predicted octanol–water partition coefficient (Wildman–Crippen LogP) is 3.06. The summed E-state index contributed by atoms with van der Waals surface area (Å²) in [5, 5.41) is 0.372. The van der Waals surface area contributed by atoms with Crippen molar-refractivity contribution in [3.63, 3.8) is 0 Å². The van der Waals surface area contributed by atoms with E-state index in [1.807, 2.05) is 0 Å². The Balaban J connectivity index is 2.47. The van der Waals surface area contributed by atoms with Crippen LogP contribution in [0.1, 0.15) is 33.1 Å². The first-order valence-electron chi connectivity index (χ1n) is 4.82. The molecule has 0 N–H and O–H groups in total. The Morgan fingerprint density at radius 1 is 1.33 bits per heavy atom. The zero-order chi connectivity index (χ0) is 9.14. The van der Waals surface area contributed by atoms with Gasteiger partial charge in [0.15, 0.2) is 0 Å². The van der Waals surface area contributed by atoms with Crippen molar-refractivity contribution in [1.82, 2.24) is 0 Å². The van der Waals surface area contributed by atoms with Gasteiger partial charge in [-0.1, -0.05) is 13.8 Å². The molecule has 1 rings (SSSR count). The monoisotopic (exact) mass is 190 g/mol. The molecule has 0 aliphatic heterocycles. The number of methoxy groups -OCH3 is 1. The van der Waals surface area contributed by atoms with E-state index in [2.05, 4.69) is 13.8 Å². The Kier molecular flexibility index (Phi) is 3.85. The van der Waals surface area contributed by atoms with Gasteiger partial charge in [-0.3, -0.25) is 0 Å². The quantitative estimate of drug-likeness (QED) is 0.609. The Labute approximate surface area is 80.4 Å². The zero-order valence-electron chi connectivity index (χ0n) is 8.22. The minimum Gasteiger partial charge on any atom is -0.381 e. The molecule has 1 fully saturated rings. The van der Waals surface area contributed by atoms with Crippen molar-refractivity contribution >= 4 is 11.6 Å². The van der Waals surface area contributed by atoms with Gasteiger partial charge >= 0.3 is 0 Å². The van der Waals surface area contributed by atoms with Crippen molar-refractivity contribution in [2.45, 2.75) is 44.6 Å². The maximum Gasteiger partial charge on any atom is 0.0575 e. The Bertz CT molecular complexity index is 136. The fraction of sp³-hybridized carbons (Fsp3) is 1.00. The summed E-state index contributed by atoms with van der Waals surface area (Å²) in [5.74, 6) is 1.33. The molecule has 1 aliphatic carbocycles. The van der Waals surface area contributed by atoms with Gasteiger partial charge in [-0.25, -0.2) is 0 Å². The maximum atomic E-state index is 6.24. The van der Waals surface area contributed by atoms with Gasteiger partial charge in [-0.2, -0.15) is 0 Å². The molecule has 0 saturated heterocycles. The van der Waals surface area contributed by atoms with Crippen molar-refractivity contribution in [3.05, 3.63) is 0 Å². The minimum atomic E-state index is 0.372. The van der Waals surface area contributed by atoms with E-state index in [1.165, 1.54) is 0 Å². The molecule has 2 heteroatoms. The standard InChI is InChI=1S/C10H19ClO/c1-7(2)9-6-8(12-3)4-5-10(9)11/h7-10H,4-6H2,1-3H3. The lowest BCUT2D eigenvalue weighted by Crippen LogP contribution is -2.32. The van der Waals surface area contributed by atoms with Gasteiger partial charge in [0, 0.05) is 12.5 Å². The number of ether oxygens (including phenoxy) is 1. The average Bonchev–Trinajstić information content (AvgIpc) is 2.05. The first-order chi connectivity index (χ1) is 5.65. The van der Waals surface area contributed by atoms with Gasteiger partial charge in [0.1, 0.15) is 0 Å². The molecule has 3 unspecified atom stereocenters. The molecule has 0 spiro atoms. The van der Waals surface area contributed by atoms with E-state index in [4.69, 9.17) is 16.3 Å². The molecule has 0 aromatic heterocycles. The molecule has 0 radical (unpaired) electrons. The number of alkyl halides is 1. The summed E-state index contributed by atoms with van der Waals surface area (Å²) in [6, 6.07) is 0. The maximum absolute atomic E-state index is 6.24. The second-order valence-corrected chi connectivity index (χ2v) is 4.66. The zero-order valence-corrected chi connectivity index (χ0v) is 8.97. The van der Waals surface area contributed by atoms with Crippen LogP contribution in [0.25, 0.3) is 0 Å². The van der Waals surface area contributed by atoms with Gasteiger partial charge in [-0.15, -0.1) is 11.6 Å². The highest BCUT2D eigenvalue weighted by Gasteiger charge is 2.30. The first kappa shape index (κ1) is 10.3. The summed E-state index contributed by atoms with van der Waals surface area (Å²) in [5.41, 5.74) is 0. The predicted molar refractivity (Wildman–Crippen MR) is 52.6 cm³/mol. The smallest absolute Gasteiger partial charge is 0.0575 e. The van der Waals surface area contributed by atoms with Gasteiger partial charge in [0.2, 0.25) is 0 Å². The van der Waals surface area contributed by atoms with Crippen LogP contribution in [-0.4, -0.2) is 18.6 Å². The SMILES string of the molecule is COC1CCC(Cl)C(C(C)C)C1. The third-order valence-corrected chi connectivity index (χ3v) is 3.50. The van der Waals surface area contributed by atoms with Crippen LogP contribution in [0.2, 0.25) is 0 Å². The fourth-order valence-corrected chi connectivity index (χ4v) is 2.55. The lowest BCUT2D eigenvalue weighted by molar-refractivity contribution is 0.0425. The number of hydrogen-bond donors (Lipinski definition) is 0. The molecule has 0 bridgehead atoms. The molecule has 1 aliphatic rings. The fourth-order valence-electron chi connectivity index (χ4n) is 2.03. The van der Waals surface area contributed by atoms with Gasteiger partial charge in [0.25, 0.3) is 0 Å². The van der Waals surface area contributed by atoms with Crippen LogP contribution in [-0.2, 0) is 4.74 Å². The Hall–Kier alpha value is 0.250. The van der Waals surface area contributed by atoms with Crippen molar-refractivity contribution in [2.75, 3.05) is 7.11 Å². The van der Waals surface area contributed by atoms with E-state index < -0.39 is 0 Å². The van der Waals surface area contributed by atoms with Crippen LogP contribution < -0.4 is 0 Å². The molecular formula is C10H19ClO. The number of hydrogen-bond acceptors (Lipinski definition) is 1. The lowest BCUT2D eigenvalue weighted by Gasteiger charge is -2.34. The average molecular weight is 191 g/mol. The molecule has 12 heavy (non-hydrogen) atoms. The van der Waals surface area contributed by atoms with E-state index in [0.717, 1.165) is 19.3 Å². The van der Waals surface area contributed by atoms with Crippen LogP contribution >= 0.6 is 11.6 Å². The van der Waals surface area contributed by atoms with Crippen molar-refractivity contribution < 1.29 is 4.74 Å². The summed E-state index contributed by atoms with van der Waals surface area (Å²) in [4.78, 5) is 0. The highest BCUT2D eigenvalue weighted by molar-refractivity contribution is 6.20. The van der Waals surface area contributed by atoms with Crippen LogP contribution in [0.5, 0.6) is 0 Å². The van der Waals surface area contributed by atoms with E-state index in [0.29, 0.717) is 23.3 Å². The second kappa shape index (κ2) is 4.48. The third-order valence-electron chi connectivity index (χ3n) is 2.95. The molecule has 0 aromatic rings. The van der Waals surface area contributed by atoms with Gasteiger partial charge in [0.05, 0.1) is 6.10 Å². The summed E-state index contributed by atoms with van der Waals surface area (Å²) in [6.45, 7) is 4.50. The summed E-state index contributed by atoms with van der Waals surface area (Å²) in [7, 11) is 1.80. The molecule has 0 amide bonds. The normalized spacial score (nSPS) is 37.2. The largest absolute Gasteiger partial charge is 0.381 e. The van der Waals surface area contributed by atoms with Crippen molar-refractivity contribution in [1.29, 1.82) is 0 Å². The lowest BCUT2D eigenvalue weighted by atomic mass is 9.80. The molecule has 0 heterocycles. The van der Waals surface area contributed by atoms with Gasteiger partial charge < -0.3 is 4.74 Å². The van der Waals surface area contributed by atoms with Crippen LogP contribution in [0.4, 0.5) is 0 Å². The summed E-state index contributed by atoms with van der Waals surface area (Å²) in [6.07, 6.45) is 3.84. The highest BCUT2D eigenvalue weighted by Crippen LogP contribution is 2.34. The Morgan fingerprint density at radius 2 is 2.00 bits per heavy atom. The van der Waals surface area contributed by atoms with E-state index in [-0.39, 0.29) is 0 Å². The molecular weight excluding hydrogens is 172 g/mol. The third kappa shape index (κ3) is 2.37. The Morgan fingerprint density at radius 3 is 2.50 bits per heavy atom. The van der Waals surface area contributed by atoms with E-state index in [1.54, 1.807) is 7.11 Å². The second-order valence-electron chi connectivity index (χ2n) is 4.09. The van der Waals surface area contributed by atoms with Gasteiger partial charge in [-0.05, 0) is 31.1 Å². The van der Waals surface area contributed by atoms with E-state index >= 15 is 0 Å². The van der Waals surface area contributed by atoms with Crippen molar-refractivity contribution in [2.24, 2.45) is 11.8 Å². The number of halogens is 1. The summed E-state index contributed by atoms with van der Waals surface area (Å²) < 4.78 is 5.36. The van der Waals surface area contributed by atoms with Crippen LogP contribution in [0.15, 0.2) is 0 Å². The molecule has 72 valence electrons. The number of rotatable bonds is 2. The molecule has 1 saturated carbocycles. The topological polar surface area (TPSA) is 9.23 Å². The van der Waals surface area contributed by atoms with Crippen molar-refractivity contribution in [3.8, 4) is 0 Å². The van der Waals surface area contributed by atoms with Crippen LogP contribution in [0.3, 0.4) is 0 Å². The minimum absolute atomic E-state index is 0.372. The van der Waals surface area contributed by atoms with Crippen LogP contribution in [0, 0.1) is 11.8 Å². The molecule has 3 atom stereocenters.